The number of hydrogen-bond acceptors (Lipinski definition) is 2. The van der Waals surface area contributed by atoms with E-state index in [1.54, 1.807) is 6.07 Å². The summed E-state index contributed by atoms with van der Waals surface area (Å²) in [4.78, 5) is 23.7. The summed E-state index contributed by atoms with van der Waals surface area (Å²) >= 11 is 0. The normalized spacial score (nSPS) is 10.1. The Morgan fingerprint density at radius 3 is 2.18 bits per heavy atom. The predicted molar refractivity (Wildman–Crippen MR) is 87.5 cm³/mol. The molecule has 0 heterocycles. The smallest absolute Gasteiger partial charge is 0.313 e. The van der Waals surface area contributed by atoms with Crippen LogP contribution in [0.1, 0.15) is 23.6 Å². The van der Waals surface area contributed by atoms with Crippen LogP contribution in [0.5, 0.6) is 0 Å². The van der Waals surface area contributed by atoms with Crippen LogP contribution < -0.4 is 10.6 Å². The molecule has 0 aliphatic heterocycles. The van der Waals surface area contributed by atoms with Gasteiger partial charge in [-0.15, -0.1) is 0 Å². The third-order valence-electron chi connectivity index (χ3n) is 3.48. The fraction of sp³-hybridized carbons (Fsp3) is 0.222. The molecule has 0 radical (unpaired) electrons. The van der Waals surface area contributed by atoms with E-state index in [4.69, 9.17) is 0 Å². The minimum atomic E-state index is -0.653. The molecule has 2 amide bonds. The number of para-hydroxylation sites is 1. The second-order valence-corrected chi connectivity index (χ2v) is 5.12. The first kappa shape index (κ1) is 15.8. The Hall–Kier alpha value is -2.62. The second kappa shape index (κ2) is 7.41. The summed E-state index contributed by atoms with van der Waals surface area (Å²) in [6, 6.07) is 15.3. The molecule has 0 bridgehead atoms. The lowest BCUT2D eigenvalue weighted by atomic mass is 10.1. The van der Waals surface area contributed by atoms with Crippen LogP contribution in [-0.2, 0) is 22.6 Å². The van der Waals surface area contributed by atoms with Gasteiger partial charge in [-0.25, -0.2) is 0 Å². The predicted octanol–water partition coefficient (Wildman–Crippen LogP) is 2.81. The fourth-order valence-electron chi connectivity index (χ4n) is 2.05. The summed E-state index contributed by atoms with van der Waals surface area (Å²) in [6.45, 7) is 4.31. The Morgan fingerprint density at radius 1 is 0.909 bits per heavy atom. The number of rotatable bonds is 4. The highest BCUT2D eigenvalue weighted by molar-refractivity contribution is 6.39. The number of anilines is 1. The zero-order valence-corrected chi connectivity index (χ0v) is 12.8. The van der Waals surface area contributed by atoms with Crippen molar-refractivity contribution in [1.82, 2.24) is 5.32 Å². The molecule has 4 nitrogen and oxygen atoms in total. The van der Waals surface area contributed by atoms with Gasteiger partial charge in [0.05, 0.1) is 0 Å². The summed E-state index contributed by atoms with van der Waals surface area (Å²) in [7, 11) is 0. The maximum Gasteiger partial charge on any atom is 0.313 e. The molecular formula is C18H20N2O2. The number of aryl methyl sites for hydroxylation is 2. The number of nitrogens with one attached hydrogen (secondary N) is 2. The maximum atomic E-state index is 11.9. The molecule has 114 valence electrons. The Kier molecular flexibility index (Phi) is 5.31. The largest absolute Gasteiger partial charge is 0.344 e. The quantitative estimate of drug-likeness (QED) is 0.852. The third kappa shape index (κ3) is 4.19. The van der Waals surface area contributed by atoms with Crippen molar-refractivity contribution in [2.75, 3.05) is 5.32 Å². The molecule has 2 aromatic rings. The van der Waals surface area contributed by atoms with Crippen molar-refractivity contribution in [3.05, 3.63) is 65.2 Å². The molecule has 0 aliphatic rings. The van der Waals surface area contributed by atoms with Crippen LogP contribution in [0.4, 0.5) is 5.69 Å². The molecule has 0 unspecified atom stereocenters. The number of hydrogen-bond donors (Lipinski definition) is 2. The molecule has 0 aromatic heterocycles. The molecule has 4 heteroatoms. The van der Waals surface area contributed by atoms with Crippen molar-refractivity contribution in [2.45, 2.75) is 26.8 Å². The summed E-state index contributed by atoms with van der Waals surface area (Å²) in [5.41, 5.74) is 3.77. The van der Waals surface area contributed by atoms with Crippen LogP contribution in [-0.4, -0.2) is 11.8 Å². The Balaban J connectivity index is 1.88. The molecule has 0 atom stereocenters. The van der Waals surface area contributed by atoms with E-state index >= 15 is 0 Å². The maximum absolute atomic E-state index is 11.9. The van der Waals surface area contributed by atoms with Crippen LogP contribution >= 0.6 is 0 Å². The molecular weight excluding hydrogens is 276 g/mol. The van der Waals surface area contributed by atoms with Crippen LogP contribution in [0.3, 0.4) is 0 Å². The van der Waals surface area contributed by atoms with Gasteiger partial charge in [0, 0.05) is 12.2 Å². The van der Waals surface area contributed by atoms with E-state index < -0.39 is 11.8 Å². The molecule has 0 fully saturated rings. The van der Waals surface area contributed by atoms with E-state index in [-0.39, 0.29) is 0 Å². The lowest BCUT2D eigenvalue weighted by molar-refractivity contribution is -0.136. The van der Waals surface area contributed by atoms with Crippen molar-refractivity contribution in [1.29, 1.82) is 0 Å². The SMILES string of the molecule is CCc1ccc(CNC(=O)C(=O)Nc2ccccc2C)cc1. The average Bonchev–Trinajstić information content (AvgIpc) is 2.55. The first-order valence-corrected chi connectivity index (χ1v) is 7.32. The topological polar surface area (TPSA) is 58.2 Å². The van der Waals surface area contributed by atoms with Crippen molar-refractivity contribution in [3.63, 3.8) is 0 Å². The first-order chi connectivity index (χ1) is 10.6. The van der Waals surface area contributed by atoms with Gasteiger partial charge in [-0.1, -0.05) is 49.4 Å². The minimum Gasteiger partial charge on any atom is -0.344 e. The van der Waals surface area contributed by atoms with Gasteiger partial charge in [-0.05, 0) is 36.1 Å². The average molecular weight is 296 g/mol. The van der Waals surface area contributed by atoms with Gasteiger partial charge >= 0.3 is 11.8 Å². The number of amides is 2. The molecule has 0 saturated heterocycles. The number of carbonyl (C=O) groups is 2. The number of benzene rings is 2. The minimum absolute atomic E-state index is 0.337. The molecule has 2 aromatic carbocycles. The summed E-state index contributed by atoms with van der Waals surface area (Å²) < 4.78 is 0. The van der Waals surface area contributed by atoms with Crippen molar-refractivity contribution >= 4 is 17.5 Å². The van der Waals surface area contributed by atoms with Crippen molar-refractivity contribution in [3.8, 4) is 0 Å². The molecule has 22 heavy (non-hydrogen) atoms. The standard InChI is InChI=1S/C18H20N2O2/c1-3-14-8-10-15(11-9-14)12-19-17(21)18(22)20-16-7-5-4-6-13(16)2/h4-11H,3,12H2,1-2H3,(H,19,21)(H,20,22). The fourth-order valence-corrected chi connectivity index (χ4v) is 2.05. The lowest BCUT2D eigenvalue weighted by Gasteiger charge is -2.09. The van der Waals surface area contributed by atoms with Crippen molar-refractivity contribution in [2.24, 2.45) is 0 Å². The Bertz CT molecular complexity index is 663. The summed E-state index contributed by atoms with van der Waals surface area (Å²) in [5, 5.41) is 5.24. The van der Waals surface area contributed by atoms with E-state index in [1.165, 1.54) is 5.56 Å². The highest BCUT2D eigenvalue weighted by Gasteiger charge is 2.13. The van der Waals surface area contributed by atoms with Gasteiger partial charge in [-0.3, -0.25) is 9.59 Å². The van der Waals surface area contributed by atoms with Gasteiger partial charge < -0.3 is 10.6 Å². The van der Waals surface area contributed by atoms with E-state index in [2.05, 4.69) is 17.6 Å². The van der Waals surface area contributed by atoms with Crippen LogP contribution in [0, 0.1) is 6.92 Å². The van der Waals surface area contributed by atoms with Crippen LogP contribution in [0.25, 0.3) is 0 Å². The van der Waals surface area contributed by atoms with Crippen LogP contribution in [0.2, 0.25) is 0 Å². The zero-order valence-electron chi connectivity index (χ0n) is 12.8. The van der Waals surface area contributed by atoms with Gasteiger partial charge in [0.1, 0.15) is 0 Å². The first-order valence-electron chi connectivity index (χ1n) is 7.32. The zero-order chi connectivity index (χ0) is 15.9. The van der Waals surface area contributed by atoms with Gasteiger partial charge in [0.25, 0.3) is 0 Å². The third-order valence-corrected chi connectivity index (χ3v) is 3.48. The van der Waals surface area contributed by atoms with Crippen molar-refractivity contribution < 1.29 is 9.59 Å². The van der Waals surface area contributed by atoms with E-state index in [9.17, 15) is 9.59 Å². The summed E-state index contributed by atoms with van der Waals surface area (Å²) in [6.07, 6.45) is 0.978. The molecule has 2 N–H and O–H groups in total. The van der Waals surface area contributed by atoms with Gasteiger partial charge in [0.15, 0.2) is 0 Å². The van der Waals surface area contributed by atoms with E-state index in [1.807, 2.05) is 49.4 Å². The lowest BCUT2D eigenvalue weighted by Crippen LogP contribution is -2.35. The Labute approximate surface area is 130 Å². The highest BCUT2D eigenvalue weighted by atomic mass is 16.2. The molecule has 0 saturated carbocycles. The molecule has 0 aliphatic carbocycles. The molecule has 0 spiro atoms. The highest BCUT2D eigenvalue weighted by Crippen LogP contribution is 2.12. The summed E-state index contributed by atoms with van der Waals surface area (Å²) in [5.74, 6) is -1.29. The number of carbonyl (C=O) groups excluding carboxylic acids is 2. The van der Waals surface area contributed by atoms with Crippen LogP contribution in [0.15, 0.2) is 48.5 Å². The van der Waals surface area contributed by atoms with E-state index in [0.29, 0.717) is 12.2 Å². The second-order valence-electron chi connectivity index (χ2n) is 5.12. The van der Waals surface area contributed by atoms with E-state index in [0.717, 1.165) is 17.5 Å². The van der Waals surface area contributed by atoms with Gasteiger partial charge in [0.2, 0.25) is 0 Å². The monoisotopic (exact) mass is 296 g/mol. The molecule has 2 rings (SSSR count). The Morgan fingerprint density at radius 2 is 1.55 bits per heavy atom. The van der Waals surface area contributed by atoms with Gasteiger partial charge in [-0.2, -0.15) is 0 Å².